The van der Waals surface area contributed by atoms with Gasteiger partial charge in [-0.25, -0.2) is 9.37 Å². The summed E-state index contributed by atoms with van der Waals surface area (Å²) in [6.07, 6.45) is 2.87. The van der Waals surface area contributed by atoms with Crippen molar-refractivity contribution in [3.05, 3.63) is 42.0 Å². The van der Waals surface area contributed by atoms with Crippen LogP contribution < -0.4 is 5.32 Å². The number of aromatic nitrogens is 4. The number of halogens is 1. The monoisotopic (exact) mass is 235 g/mol. The van der Waals surface area contributed by atoms with Crippen LogP contribution in [0.2, 0.25) is 0 Å². The lowest BCUT2D eigenvalue weighted by Gasteiger charge is -2.11. The van der Waals surface area contributed by atoms with E-state index in [0.29, 0.717) is 6.54 Å². The maximum atomic E-state index is 12.7. The topological polar surface area (TPSA) is 55.6 Å². The average Bonchev–Trinajstić information content (AvgIpc) is 2.73. The molecule has 6 heteroatoms. The van der Waals surface area contributed by atoms with Crippen LogP contribution in [0.5, 0.6) is 0 Å². The molecular weight excluding hydrogens is 221 g/mol. The van der Waals surface area contributed by atoms with E-state index in [-0.39, 0.29) is 11.9 Å². The molecule has 2 aromatic heterocycles. The first-order valence-electron chi connectivity index (χ1n) is 5.34. The molecule has 2 aromatic rings. The molecule has 5 nitrogen and oxygen atoms in total. The molecule has 2 heterocycles. The number of nitrogens with zero attached hydrogens (tertiary/aromatic N) is 4. The molecular formula is C11H14FN5. The van der Waals surface area contributed by atoms with Gasteiger partial charge in [0.05, 0.1) is 18.4 Å². The van der Waals surface area contributed by atoms with Crippen molar-refractivity contribution >= 4 is 0 Å². The first-order valence-corrected chi connectivity index (χ1v) is 5.34. The van der Waals surface area contributed by atoms with Crippen LogP contribution >= 0.6 is 0 Å². The summed E-state index contributed by atoms with van der Waals surface area (Å²) in [5, 5.41) is 7.38. The van der Waals surface area contributed by atoms with Crippen LogP contribution in [-0.2, 0) is 13.6 Å². The van der Waals surface area contributed by atoms with Crippen molar-refractivity contribution in [2.75, 3.05) is 0 Å². The second-order valence-electron chi connectivity index (χ2n) is 3.84. The summed E-state index contributed by atoms with van der Waals surface area (Å²) in [6, 6.07) is 3.10. The quantitative estimate of drug-likeness (QED) is 0.865. The lowest BCUT2D eigenvalue weighted by atomic mass is 10.2. The van der Waals surface area contributed by atoms with E-state index < -0.39 is 0 Å². The Morgan fingerprint density at radius 1 is 1.41 bits per heavy atom. The molecule has 1 unspecified atom stereocenters. The lowest BCUT2D eigenvalue weighted by Crippen LogP contribution is -2.20. The number of pyridine rings is 1. The Bertz CT molecular complexity index is 479. The number of hydrogen-bond acceptors (Lipinski definition) is 4. The molecule has 0 aromatic carbocycles. The smallest absolute Gasteiger partial charge is 0.164 e. The molecule has 0 spiro atoms. The molecule has 0 aliphatic heterocycles. The van der Waals surface area contributed by atoms with Crippen molar-refractivity contribution in [1.29, 1.82) is 0 Å². The van der Waals surface area contributed by atoms with E-state index in [2.05, 4.69) is 20.4 Å². The Kier molecular flexibility index (Phi) is 3.43. The summed E-state index contributed by atoms with van der Waals surface area (Å²) in [5.41, 5.74) is 0.794. The van der Waals surface area contributed by atoms with E-state index in [0.717, 1.165) is 11.5 Å². The van der Waals surface area contributed by atoms with Crippen molar-refractivity contribution in [3.8, 4) is 0 Å². The van der Waals surface area contributed by atoms with Gasteiger partial charge in [0.1, 0.15) is 12.1 Å². The zero-order valence-corrected chi connectivity index (χ0v) is 9.76. The van der Waals surface area contributed by atoms with Crippen LogP contribution in [0.4, 0.5) is 4.39 Å². The summed E-state index contributed by atoms with van der Waals surface area (Å²) in [6.45, 7) is 2.52. The summed E-state index contributed by atoms with van der Waals surface area (Å²) in [4.78, 5) is 8.12. The third kappa shape index (κ3) is 3.07. The van der Waals surface area contributed by atoms with Gasteiger partial charge in [-0.15, -0.1) is 0 Å². The standard InChI is InChI=1S/C11H14FN5/c1-8(10-4-3-9(12)5-14-10)13-6-11-15-7-17(2)16-11/h3-5,7-8,13H,6H2,1-2H3. The number of aryl methyl sites for hydroxylation is 1. The zero-order valence-electron chi connectivity index (χ0n) is 9.76. The highest BCUT2D eigenvalue weighted by Gasteiger charge is 2.07. The van der Waals surface area contributed by atoms with Crippen molar-refractivity contribution < 1.29 is 4.39 Å². The molecule has 1 atom stereocenters. The van der Waals surface area contributed by atoms with E-state index in [4.69, 9.17) is 0 Å². The molecule has 0 fully saturated rings. The summed E-state index contributed by atoms with van der Waals surface area (Å²) in [5.74, 6) is 0.397. The third-order valence-electron chi connectivity index (χ3n) is 2.41. The van der Waals surface area contributed by atoms with Crippen LogP contribution in [0.1, 0.15) is 24.5 Å². The Labute approximate surface area is 98.7 Å². The number of nitrogens with one attached hydrogen (secondary N) is 1. The number of hydrogen-bond donors (Lipinski definition) is 1. The summed E-state index contributed by atoms with van der Waals surface area (Å²) < 4.78 is 14.3. The van der Waals surface area contributed by atoms with E-state index in [9.17, 15) is 4.39 Å². The molecule has 0 saturated heterocycles. The van der Waals surface area contributed by atoms with E-state index >= 15 is 0 Å². The van der Waals surface area contributed by atoms with Crippen LogP contribution in [0.15, 0.2) is 24.7 Å². The van der Waals surface area contributed by atoms with Crippen LogP contribution in [0.3, 0.4) is 0 Å². The normalized spacial score (nSPS) is 12.6. The highest BCUT2D eigenvalue weighted by molar-refractivity contribution is 5.09. The van der Waals surface area contributed by atoms with Crippen LogP contribution in [-0.4, -0.2) is 19.7 Å². The molecule has 0 aliphatic rings. The zero-order chi connectivity index (χ0) is 12.3. The molecule has 0 radical (unpaired) electrons. The molecule has 2 rings (SSSR count). The minimum atomic E-state index is -0.327. The van der Waals surface area contributed by atoms with E-state index in [1.165, 1.54) is 12.3 Å². The predicted molar refractivity (Wildman–Crippen MR) is 60.5 cm³/mol. The van der Waals surface area contributed by atoms with Gasteiger partial charge in [-0.3, -0.25) is 9.67 Å². The molecule has 0 bridgehead atoms. The first-order chi connectivity index (χ1) is 8.15. The second-order valence-corrected chi connectivity index (χ2v) is 3.84. The SMILES string of the molecule is CC(NCc1ncn(C)n1)c1ccc(F)cn1. The fourth-order valence-corrected chi connectivity index (χ4v) is 1.46. The second kappa shape index (κ2) is 5.01. The first kappa shape index (κ1) is 11.7. The Balaban J connectivity index is 1.93. The van der Waals surface area contributed by atoms with Crippen molar-refractivity contribution in [3.63, 3.8) is 0 Å². The van der Waals surface area contributed by atoms with Crippen molar-refractivity contribution in [2.45, 2.75) is 19.5 Å². The van der Waals surface area contributed by atoms with Gasteiger partial charge in [0, 0.05) is 13.1 Å². The minimum Gasteiger partial charge on any atom is -0.302 e. The largest absolute Gasteiger partial charge is 0.302 e. The predicted octanol–water partition coefficient (Wildman–Crippen LogP) is 1.20. The maximum absolute atomic E-state index is 12.7. The van der Waals surface area contributed by atoms with Crippen molar-refractivity contribution in [2.24, 2.45) is 7.05 Å². The molecule has 90 valence electrons. The van der Waals surface area contributed by atoms with Gasteiger partial charge in [-0.05, 0) is 19.1 Å². The Morgan fingerprint density at radius 2 is 2.24 bits per heavy atom. The highest BCUT2D eigenvalue weighted by Crippen LogP contribution is 2.09. The van der Waals surface area contributed by atoms with Crippen LogP contribution in [0, 0.1) is 5.82 Å². The molecule has 17 heavy (non-hydrogen) atoms. The van der Waals surface area contributed by atoms with Gasteiger partial charge in [0.15, 0.2) is 5.82 Å². The molecule has 0 amide bonds. The van der Waals surface area contributed by atoms with Gasteiger partial charge in [-0.2, -0.15) is 5.10 Å². The minimum absolute atomic E-state index is 0.0272. The molecule has 0 aliphatic carbocycles. The average molecular weight is 235 g/mol. The Morgan fingerprint density at radius 3 is 2.82 bits per heavy atom. The summed E-state index contributed by atoms with van der Waals surface area (Å²) >= 11 is 0. The fraction of sp³-hybridized carbons (Fsp3) is 0.364. The van der Waals surface area contributed by atoms with E-state index in [1.807, 2.05) is 14.0 Å². The van der Waals surface area contributed by atoms with Gasteiger partial charge >= 0.3 is 0 Å². The van der Waals surface area contributed by atoms with Gasteiger partial charge < -0.3 is 5.32 Å². The van der Waals surface area contributed by atoms with Gasteiger partial charge in [-0.1, -0.05) is 0 Å². The van der Waals surface area contributed by atoms with Crippen molar-refractivity contribution in [1.82, 2.24) is 25.1 Å². The lowest BCUT2D eigenvalue weighted by molar-refractivity contribution is 0.540. The van der Waals surface area contributed by atoms with E-state index in [1.54, 1.807) is 17.1 Å². The summed E-state index contributed by atoms with van der Waals surface area (Å²) in [7, 11) is 1.82. The fourth-order valence-electron chi connectivity index (χ4n) is 1.46. The Hall–Kier alpha value is -1.82. The number of rotatable bonds is 4. The maximum Gasteiger partial charge on any atom is 0.164 e. The molecule has 1 N–H and O–H groups in total. The van der Waals surface area contributed by atoms with Gasteiger partial charge in [0.25, 0.3) is 0 Å². The van der Waals surface area contributed by atoms with Crippen LogP contribution in [0.25, 0.3) is 0 Å². The van der Waals surface area contributed by atoms with Gasteiger partial charge in [0.2, 0.25) is 0 Å². The third-order valence-corrected chi connectivity index (χ3v) is 2.41. The molecule has 0 saturated carbocycles. The highest BCUT2D eigenvalue weighted by atomic mass is 19.1.